The van der Waals surface area contributed by atoms with Gasteiger partial charge in [-0.2, -0.15) is 0 Å². The van der Waals surface area contributed by atoms with Crippen LogP contribution in [0.4, 0.5) is 17.2 Å². The number of amides is 1. The summed E-state index contributed by atoms with van der Waals surface area (Å²) in [4.78, 5) is 23.6. The summed E-state index contributed by atoms with van der Waals surface area (Å²) >= 11 is 0. The molecule has 27 heavy (non-hydrogen) atoms. The topological polar surface area (TPSA) is 70.2 Å². The Kier molecular flexibility index (Phi) is 6.27. The average Bonchev–Trinajstić information content (AvgIpc) is 2.67. The van der Waals surface area contributed by atoms with Crippen LogP contribution in [-0.2, 0) is 0 Å². The third kappa shape index (κ3) is 5.42. The standard InChI is InChI=1S/C21H29N5O/c1-15(2)14-22-20-13-19(23-16(3)24-20)21(27)25-17-7-9-18(10-8-17)26-11-5-4-6-12-26/h7-10,13,15H,4-6,11-12,14H2,1-3H3,(H,25,27)(H,22,23,24). The molecule has 6 nitrogen and oxygen atoms in total. The number of hydrogen-bond donors (Lipinski definition) is 2. The Bertz CT molecular complexity index is 767. The van der Waals surface area contributed by atoms with E-state index >= 15 is 0 Å². The molecular formula is C21H29N5O. The highest BCUT2D eigenvalue weighted by Gasteiger charge is 2.13. The molecule has 0 saturated carbocycles. The Morgan fingerprint density at radius 1 is 1.11 bits per heavy atom. The van der Waals surface area contributed by atoms with Crippen LogP contribution in [0.3, 0.4) is 0 Å². The highest BCUT2D eigenvalue weighted by Crippen LogP contribution is 2.22. The molecule has 0 aliphatic carbocycles. The molecule has 1 aromatic carbocycles. The van der Waals surface area contributed by atoms with Crippen LogP contribution in [0.5, 0.6) is 0 Å². The Labute approximate surface area is 161 Å². The van der Waals surface area contributed by atoms with Crippen molar-refractivity contribution < 1.29 is 4.79 Å². The molecule has 0 radical (unpaired) electrons. The smallest absolute Gasteiger partial charge is 0.274 e. The first kappa shape index (κ1) is 19.1. The van der Waals surface area contributed by atoms with Gasteiger partial charge in [0.05, 0.1) is 0 Å². The highest BCUT2D eigenvalue weighted by atomic mass is 16.1. The molecule has 1 amide bonds. The van der Waals surface area contributed by atoms with Gasteiger partial charge in [-0.15, -0.1) is 0 Å². The maximum atomic E-state index is 12.6. The minimum atomic E-state index is -0.223. The summed E-state index contributed by atoms with van der Waals surface area (Å²) in [5.74, 6) is 1.53. The number of carbonyl (C=O) groups excluding carboxylic acids is 1. The van der Waals surface area contributed by atoms with Crippen LogP contribution in [0.2, 0.25) is 0 Å². The van der Waals surface area contributed by atoms with Gasteiger partial charge in [0.2, 0.25) is 0 Å². The second-order valence-corrected chi connectivity index (χ2v) is 7.51. The normalized spacial score (nSPS) is 14.3. The first-order chi connectivity index (χ1) is 13.0. The number of carbonyl (C=O) groups is 1. The van der Waals surface area contributed by atoms with E-state index in [4.69, 9.17) is 0 Å². The molecule has 2 heterocycles. The van der Waals surface area contributed by atoms with E-state index < -0.39 is 0 Å². The van der Waals surface area contributed by atoms with Crippen molar-refractivity contribution in [1.29, 1.82) is 0 Å². The number of nitrogens with one attached hydrogen (secondary N) is 2. The quantitative estimate of drug-likeness (QED) is 0.804. The van der Waals surface area contributed by atoms with Gasteiger partial charge >= 0.3 is 0 Å². The average molecular weight is 367 g/mol. The molecule has 2 N–H and O–H groups in total. The van der Waals surface area contributed by atoms with Crippen LogP contribution < -0.4 is 15.5 Å². The van der Waals surface area contributed by atoms with Gasteiger partial charge in [0, 0.05) is 37.1 Å². The molecule has 2 aromatic rings. The third-order valence-corrected chi connectivity index (χ3v) is 4.61. The number of hydrogen-bond acceptors (Lipinski definition) is 5. The number of aryl methyl sites for hydroxylation is 1. The van der Waals surface area contributed by atoms with Crippen LogP contribution in [-0.4, -0.2) is 35.5 Å². The molecule has 6 heteroatoms. The van der Waals surface area contributed by atoms with E-state index in [-0.39, 0.29) is 5.91 Å². The van der Waals surface area contributed by atoms with Crippen molar-refractivity contribution in [3.05, 3.63) is 41.9 Å². The zero-order valence-electron chi connectivity index (χ0n) is 16.5. The predicted molar refractivity (Wildman–Crippen MR) is 111 cm³/mol. The lowest BCUT2D eigenvalue weighted by Gasteiger charge is -2.28. The number of anilines is 3. The Balaban J connectivity index is 1.66. The number of aromatic nitrogens is 2. The molecule has 0 unspecified atom stereocenters. The predicted octanol–water partition coefficient (Wildman–Crippen LogP) is 4.10. The van der Waals surface area contributed by atoms with Gasteiger partial charge in [0.25, 0.3) is 5.91 Å². The summed E-state index contributed by atoms with van der Waals surface area (Å²) in [6, 6.07) is 9.75. The molecule has 1 aliphatic heterocycles. The lowest BCUT2D eigenvalue weighted by atomic mass is 10.1. The van der Waals surface area contributed by atoms with E-state index in [1.54, 1.807) is 13.0 Å². The van der Waals surface area contributed by atoms with Crippen LogP contribution in [0.1, 0.15) is 49.4 Å². The van der Waals surface area contributed by atoms with Gasteiger partial charge in [0.1, 0.15) is 17.3 Å². The summed E-state index contributed by atoms with van der Waals surface area (Å²) < 4.78 is 0. The molecule has 1 saturated heterocycles. The fourth-order valence-corrected chi connectivity index (χ4v) is 3.19. The molecule has 144 valence electrons. The molecule has 0 bridgehead atoms. The molecule has 0 spiro atoms. The molecular weight excluding hydrogens is 338 g/mol. The van der Waals surface area contributed by atoms with Crippen molar-refractivity contribution in [2.24, 2.45) is 5.92 Å². The maximum absolute atomic E-state index is 12.6. The van der Waals surface area contributed by atoms with Crippen LogP contribution in [0.25, 0.3) is 0 Å². The third-order valence-electron chi connectivity index (χ3n) is 4.61. The van der Waals surface area contributed by atoms with Gasteiger partial charge in [-0.05, 0) is 56.4 Å². The Morgan fingerprint density at radius 2 is 1.81 bits per heavy atom. The molecule has 3 rings (SSSR count). The van der Waals surface area contributed by atoms with E-state index in [0.29, 0.717) is 23.3 Å². The summed E-state index contributed by atoms with van der Waals surface area (Å²) in [5.41, 5.74) is 2.35. The van der Waals surface area contributed by atoms with E-state index in [0.717, 1.165) is 25.3 Å². The zero-order valence-corrected chi connectivity index (χ0v) is 16.5. The summed E-state index contributed by atoms with van der Waals surface area (Å²) in [5, 5.41) is 6.18. The van der Waals surface area contributed by atoms with Crippen molar-refractivity contribution in [2.75, 3.05) is 35.2 Å². The van der Waals surface area contributed by atoms with Crippen LogP contribution in [0, 0.1) is 12.8 Å². The van der Waals surface area contributed by atoms with Crippen LogP contribution in [0.15, 0.2) is 30.3 Å². The second-order valence-electron chi connectivity index (χ2n) is 7.51. The number of piperidine rings is 1. The van der Waals surface area contributed by atoms with Gasteiger partial charge in [-0.3, -0.25) is 4.79 Å². The van der Waals surface area contributed by atoms with Gasteiger partial charge in [-0.25, -0.2) is 9.97 Å². The monoisotopic (exact) mass is 367 g/mol. The zero-order chi connectivity index (χ0) is 19.2. The van der Waals surface area contributed by atoms with E-state index in [1.807, 2.05) is 12.1 Å². The lowest BCUT2D eigenvalue weighted by molar-refractivity contribution is 0.102. The van der Waals surface area contributed by atoms with E-state index in [9.17, 15) is 4.79 Å². The molecule has 0 atom stereocenters. The van der Waals surface area contributed by atoms with Crippen molar-refractivity contribution in [1.82, 2.24) is 9.97 Å². The summed E-state index contributed by atoms with van der Waals surface area (Å²) in [6.45, 7) is 9.07. The molecule has 1 aromatic heterocycles. The summed E-state index contributed by atoms with van der Waals surface area (Å²) in [7, 11) is 0. The van der Waals surface area contributed by atoms with E-state index in [1.165, 1.54) is 24.9 Å². The minimum absolute atomic E-state index is 0.223. The van der Waals surface area contributed by atoms with Gasteiger partial charge in [0.15, 0.2) is 0 Å². The maximum Gasteiger partial charge on any atom is 0.274 e. The molecule has 1 fully saturated rings. The fraction of sp³-hybridized carbons (Fsp3) is 0.476. The largest absolute Gasteiger partial charge is 0.372 e. The van der Waals surface area contributed by atoms with Crippen molar-refractivity contribution in [3.8, 4) is 0 Å². The SMILES string of the molecule is Cc1nc(NCC(C)C)cc(C(=O)Nc2ccc(N3CCCCC3)cc2)n1. The first-order valence-electron chi connectivity index (χ1n) is 9.77. The number of nitrogens with zero attached hydrogens (tertiary/aromatic N) is 3. The summed E-state index contributed by atoms with van der Waals surface area (Å²) in [6.07, 6.45) is 3.81. The van der Waals surface area contributed by atoms with E-state index in [2.05, 4.69) is 51.5 Å². The highest BCUT2D eigenvalue weighted by molar-refractivity contribution is 6.03. The Hall–Kier alpha value is -2.63. The van der Waals surface area contributed by atoms with Gasteiger partial charge < -0.3 is 15.5 Å². The lowest BCUT2D eigenvalue weighted by Crippen LogP contribution is -2.29. The van der Waals surface area contributed by atoms with Crippen molar-refractivity contribution >= 4 is 23.1 Å². The fourth-order valence-electron chi connectivity index (χ4n) is 3.19. The minimum Gasteiger partial charge on any atom is -0.372 e. The second kappa shape index (κ2) is 8.84. The van der Waals surface area contributed by atoms with Crippen LogP contribution >= 0.6 is 0 Å². The first-order valence-corrected chi connectivity index (χ1v) is 9.77. The number of rotatable bonds is 6. The van der Waals surface area contributed by atoms with Crippen molar-refractivity contribution in [2.45, 2.75) is 40.0 Å². The van der Waals surface area contributed by atoms with Gasteiger partial charge in [-0.1, -0.05) is 13.8 Å². The Morgan fingerprint density at radius 3 is 2.48 bits per heavy atom. The molecule has 1 aliphatic rings. The van der Waals surface area contributed by atoms with Crippen molar-refractivity contribution in [3.63, 3.8) is 0 Å². The number of benzene rings is 1.